The third-order valence-corrected chi connectivity index (χ3v) is 5.94. The Kier molecular flexibility index (Phi) is 4.88. The Morgan fingerprint density at radius 1 is 1.00 bits per heavy atom. The maximum absolute atomic E-state index is 12.4. The van der Waals surface area contributed by atoms with Gasteiger partial charge in [0.15, 0.2) is 9.84 Å². The minimum Gasteiger partial charge on any atom is -0.497 e. The molecule has 0 heterocycles. The predicted octanol–water partition coefficient (Wildman–Crippen LogP) is 2.55. The number of benzene rings is 2. The van der Waals surface area contributed by atoms with Crippen LogP contribution in [0.1, 0.15) is 0 Å². The first kappa shape index (κ1) is 17.6. The smallest absolute Gasteiger partial charge is 0.263 e. The van der Waals surface area contributed by atoms with Crippen molar-refractivity contribution in [2.24, 2.45) is 0 Å². The molecule has 0 unspecified atom stereocenters. The maximum Gasteiger partial charge on any atom is 0.263 e. The van der Waals surface area contributed by atoms with Crippen molar-refractivity contribution in [3.63, 3.8) is 0 Å². The second-order valence-electron chi connectivity index (χ2n) is 4.70. The summed E-state index contributed by atoms with van der Waals surface area (Å²) < 4.78 is 55.4. The summed E-state index contributed by atoms with van der Waals surface area (Å²) in [5, 5.41) is -0.0709. The highest BCUT2D eigenvalue weighted by atomic mass is 35.5. The number of hydrogen-bond donors (Lipinski definition) is 1. The molecular formula is C14H14ClNO5S2. The number of halogens is 1. The number of anilines is 1. The fourth-order valence-corrected chi connectivity index (χ4v) is 4.10. The van der Waals surface area contributed by atoms with Crippen LogP contribution in [0.4, 0.5) is 5.69 Å². The van der Waals surface area contributed by atoms with Crippen molar-refractivity contribution in [2.45, 2.75) is 9.79 Å². The highest BCUT2D eigenvalue weighted by Gasteiger charge is 2.21. The Morgan fingerprint density at radius 3 is 2.13 bits per heavy atom. The molecule has 0 aliphatic rings. The van der Waals surface area contributed by atoms with E-state index in [9.17, 15) is 16.8 Å². The molecule has 6 nitrogen and oxygen atoms in total. The van der Waals surface area contributed by atoms with E-state index in [1.54, 1.807) is 12.1 Å². The van der Waals surface area contributed by atoms with Crippen molar-refractivity contribution < 1.29 is 21.6 Å². The molecule has 1 N–H and O–H groups in total. The van der Waals surface area contributed by atoms with Gasteiger partial charge in [-0.3, -0.25) is 4.72 Å². The molecule has 124 valence electrons. The van der Waals surface area contributed by atoms with Gasteiger partial charge in [-0.1, -0.05) is 11.6 Å². The van der Waals surface area contributed by atoms with Crippen LogP contribution >= 0.6 is 11.6 Å². The standard InChI is InChI=1S/C14H14ClNO5S2/c1-21-11-5-3-10(4-6-11)16-23(19,20)14-9-12(22(2,17)18)7-8-13(14)15/h3-9,16H,1-2H3. The molecule has 0 fully saturated rings. The summed E-state index contributed by atoms with van der Waals surface area (Å²) >= 11 is 5.91. The van der Waals surface area contributed by atoms with Crippen molar-refractivity contribution >= 4 is 37.1 Å². The second kappa shape index (κ2) is 6.38. The summed E-state index contributed by atoms with van der Waals surface area (Å²) in [6.45, 7) is 0. The average Bonchev–Trinajstić information content (AvgIpc) is 2.46. The molecule has 0 amide bonds. The van der Waals surface area contributed by atoms with Gasteiger partial charge in [-0.15, -0.1) is 0 Å². The van der Waals surface area contributed by atoms with Crippen LogP contribution in [0.15, 0.2) is 52.3 Å². The average molecular weight is 376 g/mol. The molecule has 0 bridgehead atoms. The van der Waals surface area contributed by atoms with Crippen LogP contribution in [0, 0.1) is 0 Å². The summed E-state index contributed by atoms with van der Waals surface area (Å²) in [6, 6.07) is 9.74. The molecule has 23 heavy (non-hydrogen) atoms. The van der Waals surface area contributed by atoms with Gasteiger partial charge in [0.25, 0.3) is 10.0 Å². The zero-order valence-corrected chi connectivity index (χ0v) is 14.7. The van der Waals surface area contributed by atoms with E-state index in [2.05, 4.69) is 4.72 Å². The van der Waals surface area contributed by atoms with Gasteiger partial charge in [-0.25, -0.2) is 16.8 Å². The van der Waals surface area contributed by atoms with Gasteiger partial charge >= 0.3 is 0 Å². The van der Waals surface area contributed by atoms with Crippen molar-refractivity contribution in [1.29, 1.82) is 0 Å². The third-order valence-electron chi connectivity index (χ3n) is 2.96. The monoisotopic (exact) mass is 375 g/mol. The van der Waals surface area contributed by atoms with Gasteiger partial charge in [-0.2, -0.15) is 0 Å². The SMILES string of the molecule is COc1ccc(NS(=O)(=O)c2cc(S(C)(=O)=O)ccc2Cl)cc1. The summed E-state index contributed by atoms with van der Waals surface area (Å²) in [5.74, 6) is 0.574. The van der Waals surface area contributed by atoms with E-state index in [0.717, 1.165) is 12.3 Å². The van der Waals surface area contributed by atoms with Gasteiger partial charge in [0.1, 0.15) is 10.6 Å². The summed E-state index contributed by atoms with van der Waals surface area (Å²) in [7, 11) is -6.09. The molecule has 0 saturated carbocycles. The summed E-state index contributed by atoms with van der Waals surface area (Å²) in [4.78, 5) is -0.435. The van der Waals surface area contributed by atoms with Gasteiger partial charge < -0.3 is 4.74 Å². The van der Waals surface area contributed by atoms with Crippen molar-refractivity contribution in [2.75, 3.05) is 18.1 Å². The van der Waals surface area contributed by atoms with Crippen molar-refractivity contribution in [1.82, 2.24) is 0 Å². The lowest BCUT2D eigenvalue weighted by Gasteiger charge is -2.11. The van der Waals surface area contributed by atoms with Gasteiger partial charge in [0, 0.05) is 11.9 Å². The molecule has 0 atom stereocenters. The predicted molar refractivity (Wildman–Crippen MR) is 88.4 cm³/mol. The second-order valence-corrected chi connectivity index (χ2v) is 8.77. The number of sulfonamides is 1. The number of ether oxygens (including phenoxy) is 1. The van der Waals surface area contributed by atoms with Crippen LogP contribution in [0.2, 0.25) is 5.02 Å². The Hall–Kier alpha value is -1.77. The molecule has 0 spiro atoms. The third kappa shape index (κ3) is 4.15. The number of rotatable bonds is 5. The number of nitrogens with one attached hydrogen (secondary N) is 1. The van der Waals surface area contributed by atoms with Gasteiger partial charge in [-0.05, 0) is 42.5 Å². The Bertz CT molecular complexity index is 922. The maximum atomic E-state index is 12.4. The fraction of sp³-hybridized carbons (Fsp3) is 0.143. The van der Waals surface area contributed by atoms with E-state index in [-0.39, 0.29) is 14.8 Å². The largest absolute Gasteiger partial charge is 0.497 e. The molecular weight excluding hydrogens is 362 g/mol. The highest BCUT2D eigenvalue weighted by molar-refractivity contribution is 7.93. The van der Waals surface area contributed by atoms with E-state index in [1.165, 1.54) is 31.4 Å². The quantitative estimate of drug-likeness (QED) is 0.867. The summed E-state index contributed by atoms with van der Waals surface area (Å²) in [6.07, 6.45) is 0.990. The number of hydrogen-bond acceptors (Lipinski definition) is 5. The fourth-order valence-electron chi connectivity index (χ4n) is 1.79. The molecule has 2 aromatic carbocycles. The lowest BCUT2D eigenvalue weighted by atomic mass is 10.3. The molecule has 0 aliphatic carbocycles. The molecule has 0 saturated heterocycles. The Morgan fingerprint density at radius 2 is 1.61 bits per heavy atom. The molecule has 2 rings (SSSR count). The zero-order valence-electron chi connectivity index (χ0n) is 12.3. The molecule has 0 radical (unpaired) electrons. The minimum absolute atomic E-state index is 0.0709. The van der Waals surface area contributed by atoms with Crippen LogP contribution in [0.25, 0.3) is 0 Å². The first-order valence-electron chi connectivity index (χ1n) is 6.30. The van der Waals surface area contributed by atoms with Crippen molar-refractivity contribution in [3.8, 4) is 5.75 Å². The van der Waals surface area contributed by atoms with E-state index in [4.69, 9.17) is 16.3 Å². The van der Waals surface area contributed by atoms with Crippen molar-refractivity contribution in [3.05, 3.63) is 47.5 Å². The first-order valence-corrected chi connectivity index (χ1v) is 10.1. The zero-order chi connectivity index (χ0) is 17.3. The van der Waals surface area contributed by atoms with Crippen LogP contribution in [-0.2, 0) is 19.9 Å². The molecule has 0 aliphatic heterocycles. The Labute approximate surface area is 140 Å². The normalized spacial score (nSPS) is 12.0. The lowest BCUT2D eigenvalue weighted by Crippen LogP contribution is -2.14. The Balaban J connectivity index is 2.42. The molecule has 0 aromatic heterocycles. The highest BCUT2D eigenvalue weighted by Crippen LogP contribution is 2.27. The van der Waals surface area contributed by atoms with E-state index < -0.39 is 19.9 Å². The van der Waals surface area contributed by atoms with Crippen LogP contribution in [-0.4, -0.2) is 30.2 Å². The van der Waals surface area contributed by atoms with Gasteiger partial charge in [0.05, 0.1) is 17.0 Å². The van der Waals surface area contributed by atoms with Gasteiger partial charge in [0.2, 0.25) is 0 Å². The van der Waals surface area contributed by atoms with Crippen LogP contribution < -0.4 is 9.46 Å². The van der Waals surface area contributed by atoms with E-state index >= 15 is 0 Å². The minimum atomic E-state index is -4.03. The molecule has 2 aromatic rings. The first-order chi connectivity index (χ1) is 10.6. The number of methoxy groups -OCH3 is 1. The summed E-state index contributed by atoms with van der Waals surface area (Å²) in [5.41, 5.74) is 0.298. The lowest BCUT2D eigenvalue weighted by molar-refractivity contribution is 0.415. The van der Waals surface area contributed by atoms with Crippen LogP contribution in [0.3, 0.4) is 0 Å². The topological polar surface area (TPSA) is 89.5 Å². The number of sulfone groups is 1. The molecule has 9 heteroatoms. The van der Waals surface area contributed by atoms with Crippen LogP contribution in [0.5, 0.6) is 5.75 Å². The van der Waals surface area contributed by atoms with E-state index in [1.807, 2.05) is 0 Å². The van der Waals surface area contributed by atoms with E-state index in [0.29, 0.717) is 11.4 Å².